The number of benzene rings is 2. The second kappa shape index (κ2) is 5.80. The number of anilines is 1. The highest BCUT2D eigenvalue weighted by molar-refractivity contribution is 6.30. The second-order valence-electron chi connectivity index (χ2n) is 3.94. The maximum atomic E-state index is 13.3. The number of ether oxygens (including phenoxy) is 2. The monoisotopic (exact) mass is 281 g/mol. The van der Waals surface area contributed by atoms with Crippen LogP contribution >= 0.6 is 11.6 Å². The predicted octanol–water partition coefficient (Wildman–Crippen LogP) is 3.65. The Morgan fingerprint density at radius 1 is 1.21 bits per heavy atom. The standard InChI is InChI=1S/C14H13ClFNO2/c1-18-14-5-2-10(17)6-9(14)8-19-11-3-4-12(15)13(16)7-11/h2-7H,8,17H2,1H3. The molecule has 0 aliphatic rings. The van der Waals surface area contributed by atoms with Crippen LogP contribution in [0.4, 0.5) is 10.1 Å². The number of hydrogen-bond donors (Lipinski definition) is 1. The van der Waals surface area contributed by atoms with E-state index in [0.717, 1.165) is 5.56 Å². The Bertz CT molecular complexity index is 590. The molecule has 0 aliphatic carbocycles. The van der Waals surface area contributed by atoms with Gasteiger partial charge in [-0.25, -0.2) is 4.39 Å². The molecule has 0 heterocycles. The van der Waals surface area contributed by atoms with E-state index in [1.807, 2.05) is 0 Å². The van der Waals surface area contributed by atoms with Crippen molar-refractivity contribution in [3.63, 3.8) is 0 Å². The number of nitrogens with two attached hydrogens (primary N) is 1. The Kier molecular flexibility index (Phi) is 4.12. The van der Waals surface area contributed by atoms with Crippen LogP contribution in [0.25, 0.3) is 0 Å². The molecule has 0 saturated carbocycles. The van der Waals surface area contributed by atoms with Gasteiger partial charge in [-0.3, -0.25) is 0 Å². The summed E-state index contributed by atoms with van der Waals surface area (Å²) in [6.45, 7) is 0.231. The van der Waals surface area contributed by atoms with E-state index in [9.17, 15) is 4.39 Å². The van der Waals surface area contributed by atoms with Crippen molar-refractivity contribution >= 4 is 17.3 Å². The molecule has 0 atom stereocenters. The Balaban J connectivity index is 2.13. The molecule has 0 radical (unpaired) electrons. The minimum atomic E-state index is -0.515. The highest BCUT2D eigenvalue weighted by atomic mass is 35.5. The Morgan fingerprint density at radius 2 is 2.00 bits per heavy atom. The van der Waals surface area contributed by atoms with Crippen molar-refractivity contribution in [3.05, 3.63) is 52.8 Å². The van der Waals surface area contributed by atoms with Crippen molar-refractivity contribution < 1.29 is 13.9 Å². The molecule has 0 spiro atoms. The molecule has 0 bridgehead atoms. The third kappa shape index (κ3) is 3.29. The number of hydrogen-bond acceptors (Lipinski definition) is 3. The zero-order valence-corrected chi connectivity index (χ0v) is 11.1. The van der Waals surface area contributed by atoms with Crippen molar-refractivity contribution in [1.82, 2.24) is 0 Å². The second-order valence-corrected chi connectivity index (χ2v) is 4.34. The first-order chi connectivity index (χ1) is 9.10. The van der Waals surface area contributed by atoms with E-state index in [-0.39, 0.29) is 11.6 Å². The summed E-state index contributed by atoms with van der Waals surface area (Å²) in [6, 6.07) is 9.54. The van der Waals surface area contributed by atoms with E-state index in [4.69, 9.17) is 26.8 Å². The maximum absolute atomic E-state index is 13.3. The zero-order chi connectivity index (χ0) is 13.8. The van der Waals surface area contributed by atoms with Gasteiger partial charge < -0.3 is 15.2 Å². The fourth-order valence-electron chi connectivity index (χ4n) is 1.64. The van der Waals surface area contributed by atoms with Gasteiger partial charge in [0.25, 0.3) is 0 Å². The normalized spacial score (nSPS) is 10.3. The van der Waals surface area contributed by atoms with Crippen LogP contribution in [0.1, 0.15) is 5.56 Å². The third-order valence-corrected chi connectivity index (χ3v) is 2.90. The van der Waals surface area contributed by atoms with E-state index in [0.29, 0.717) is 17.2 Å². The molecule has 0 fully saturated rings. The Morgan fingerprint density at radius 3 is 2.68 bits per heavy atom. The molecule has 2 rings (SSSR count). The van der Waals surface area contributed by atoms with Crippen LogP contribution in [-0.2, 0) is 6.61 Å². The smallest absolute Gasteiger partial charge is 0.145 e. The molecule has 2 aromatic rings. The summed E-state index contributed by atoms with van der Waals surface area (Å²) < 4.78 is 23.9. The van der Waals surface area contributed by atoms with E-state index in [1.54, 1.807) is 31.4 Å². The summed E-state index contributed by atoms with van der Waals surface area (Å²) in [6.07, 6.45) is 0. The number of rotatable bonds is 4. The minimum absolute atomic E-state index is 0.0638. The number of nitrogen functional groups attached to an aromatic ring is 1. The van der Waals surface area contributed by atoms with Crippen LogP contribution in [0.3, 0.4) is 0 Å². The molecule has 2 N–H and O–H groups in total. The molecule has 2 aromatic carbocycles. The van der Waals surface area contributed by atoms with Gasteiger partial charge in [0.2, 0.25) is 0 Å². The third-order valence-electron chi connectivity index (χ3n) is 2.59. The molecule has 0 aromatic heterocycles. The quantitative estimate of drug-likeness (QED) is 0.870. The average molecular weight is 282 g/mol. The first-order valence-electron chi connectivity index (χ1n) is 5.60. The van der Waals surface area contributed by atoms with Gasteiger partial charge in [-0.15, -0.1) is 0 Å². The summed E-state index contributed by atoms with van der Waals surface area (Å²) in [5.41, 5.74) is 7.11. The Hall–Kier alpha value is -1.94. The van der Waals surface area contributed by atoms with Crippen molar-refractivity contribution in [3.8, 4) is 11.5 Å². The van der Waals surface area contributed by atoms with Gasteiger partial charge in [0, 0.05) is 17.3 Å². The van der Waals surface area contributed by atoms with Crippen LogP contribution < -0.4 is 15.2 Å². The van der Waals surface area contributed by atoms with Gasteiger partial charge in [-0.1, -0.05) is 11.6 Å². The lowest BCUT2D eigenvalue weighted by Crippen LogP contribution is -2.00. The summed E-state index contributed by atoms with van der Waals surface area (Å²) >= 11 is 5.60. The fourth-order valence-corrected chi connectivity index (χ4v) is 1.76. The largest absolute Gasteiger partial charge is 0.496 e. The highest BCUT2D eigenvalue weighted by Crippen LogP contribution is 2.25. The number of methoxy groups -OCH3 is 1. The van der Waals surface area contributed by atoms with Crippen LogP contribution in [-0.4, -0.2) is 7.11 Å². The molecule has 0 aliphatic heterocycles. The summed E-state index contributed by atoms with van der Waals surface area (Å²) in [5.74, 6) is 0.550. The first-order valence-corrected chi connectivity index (χ1v) is 5.98. The van der Waals surface area contributed by atoms with E-state index >= 15 is 0 Å². The first kappa shape index (κ1) is 13.5. The molecule has 0 amide bonds. The SMILES string of the molecule is COc1ccc(N)cc1COc1ccc(Cl)c(F)c1. The molecule has 3 nitrogen and oxygen atoms in total. The zero-order valence-electron chi connectivity index (χ0n) is 10.3. The minimum Gasteiger partial charge on any atom is -0.496 e. The van der Waals surface area contributed by atoms with Gasteiger partial charge in [0.05, 0.1) is 12.1 Å². The van der Waals surface area contributed by atoms with Crippen LogP contribution in [0.15, 0.2) is 36.4 Å². The van der Waals surface area contributed by atoms with E-state index in [1.165, 1.54) is 12.1 Å². The van der Waals surface area contributed by atoms with Gasteiger partial charge in [-0.05, 0) is 30.3 Å². The van der Waals surface area contributed by atoms with Crippen molar-refractivity contribution in [2.24, 2.45) is 0 Å². The lowest BCUT2D eigenvalue weighted by Gasteiger charge is -2.11. The van der Waals surface area contributed by atoms with Crippen LogP contribution in [0.5, 0.6) is 11.5 Å². The van der Waals surface area contributed by atoms with Crippen LogP contribution in [0, 0.1) is 5.82 Å². The summed E-state index contributed by atoms with van der Waals surface area (Å²) in [5, 5.41) is 0.0638. The lowest BCUT2D eigenvalue weighted by atomic mass is 10.2. The summed E-state index contributed by atoms with van der Waals surface area (Å²) in [7, 11) is 1.57. The van der Waals surface area contributed by atoms with Gasteiger partial charge in [0.1, 0.15) is 23.9 Å². The topological polar surface area (TPSA) is 44.5 Å². The maximum Gasteiger partial charge on any atom is 0.145 e. The number of halogens is 2. The van der Waals surface area contributed by atoms with Crippen molar-refractivity contribution in [1.29, 1.82) is 0 Å². The Labute approximate surface area is 115 Å². The van der Waals surface area contributed by atoms with Crippen molar-refractivity contribution in [2.75, 3.05) is 12.8 Å². The molecule has 0 unspecified atom stereocenters. The lowest BCUT2D eigenvalue weighted by molar-refractivity contribution is 0.295. The molecule has 0 saturated heterocycles. The summed E-state index contributed by atoms with van der Waals surface area (Å²) in [4.78, 5) is 0. The van der Waals surface area contributed by atoms with Crippen molar-refractivity contribution in [2.45, 2.75) is 6.61 Å². The molecular formula is C14H13ClFNO2. The van der Waals surface area contributed by atoms with Gasteiger partial charge in [0.15, 0.2) is 0 Å². The van der Waals surface area contributed by atoms with Gasteiger partial charge >= 0.3 is 0 Å². The predicted molar refractivity (Wildman–Crippen MR) is 73.1 cm³/mol. The molecule has 19 heavy (non-hydrogen) atoms. The van der Waals surface area contributed by atoms with Gasteiger partial charge in [-0.2, -0.15) is 0 Å². The van der Waals surface area contributed by atoms with Crippen LogP contribution in [0.2, 0.25) is 5.02 Å². The average Bonchev–Trinajstić information content (AvgIpc) is 2.40. The highest BCUT2D eigenvalue weighted by Gasteiger charge is 2.06. The molecule has 100 valence electrons. The molecule has 5 heteroatoms. The van der Waals surface area contributed by atoms with E-state index < -0.39 is 5.82 Å². The van der Waals surface area contributed by atoms with E-state index in [2.05, 4.69) is 0 Å². The molecular weight excluding hydrogens is 269 g/mol. The fraction of sp³-hybridized carbons (Fsp3) is 0.143.